The predicted octanol–water partition coefficient (Wildman–Crippen LogP) is 2.66. The molecular formula is C24H43N3O11S3. The lowest BCUT2D eigenvalue weighted by Gasteiger charge is -2.49. The highest BCUT2D eigenvalue weighted by Crippen LogP contribution is 2.45. The Labute approximate surface area is 247 Å². The van der Waals surface area contributed by atoms with Crippen molar-refractivity contribution in [2.24, 2.45) is 28.0 Å². The Morgan fingerprint density at radius 2 is 1.66 bits per heavy atom. The van der Waals surface area contributed by atoms with Crippen molar-refractivity contribution in [2.45, 2.75) is 124 Å². The van der Waals surface area contributed by atoms with Crippen molar-refractivity contribution in [1.82, 2.24) is 5.32 Å². The lowest BCUT2D eigenvalue weighted by atomic mass is 9.64. The van der Waals surface area contributed by atoms with Gasteiger partial charge in [-0.25, -0.2) is 0 Å². The highest BCUT2D eigenvalue weighted by molar-refractivity contribution is 7.86. The number of nitrogens with zero attached hydrogens (tertiary/aromatic N) is 2. The molecule has 0 amide bonds. The molecule has 4 aliphatic rings. The van der Waals surface area contributed by atoms with E-state index < -0.39 is 72.9 Å². The topological polar surface area (TPSA) is 203 Å². The largest absolute Gasteiger partial charge is 0.390 e. The van der Waals surface area contributed by atoms with Gasteiger partial charge in [-0.15, -0.1) is 4.33 Å². The molecule has 0 spiro atoms. The van der Waals surface area contributed by atoms with Crippen LogP contribution in [0.25, 0.3) is 0 Å². The van der Waals surface area contributed by atoms with Gasteiger partial charge in [-0.1, -0.05) is 31.2 Å². The van der Waals surface area contributed by atoms with Crippen LogP contribution in [-0.4, -0.2) is 84.7 Å². The maximum absolute atomic E-state index is 12.2. The third-order valence-corrected chi connectivity index (χ3v) is 11.9. The second kappa shape index (κ2) is 14.5. The van der Waals surface area contributed by atoms with Crippen molar-refractivity contribution in [3.63, 3.8) is 0 Å². The van der Waals surface area contributed by atoms with E-state index in [0.717, 1.165) is 25.7 Å². The van der Waals surface area contributed by atoms with E-state index in [-0.39, 0.29) is 44.4 Å². The highest BCUT2D eigenvalue weighted by Gasteiger charge is 2.53. The van der Waals surface area contributed by atoms with Gasteiger partial charge in [-0.2, -0.15) is 32.0 Å². The quantitative estimate of drug-likeness (QED) is 0.0419. The van der Waals surface area contributed by atoms with Crippen LogP contribution in [-0.2, 0) is 39.2 Å². The van der Waals surface area contributed by atoms with Gasteiger partial charge in [0, 0.05) is 24.9 Å². The summed E-state index contributed by atoms with van der Waals surface area (Å²) in [5.74, 6) is -0.835. The number of hydrogen-bond acceptors (Lipinski definition) is 13. The van der Waals surface area contributed by atoms with Gasteiger partial charge in [0.1, 0.15) is 17.4 Å². The normalized spacial score (nSPS) is 39.5. The minimum atomic E-state index is -4.38. The molecule has 238 valence electrons. The number of aliphatic hydroxyl groups is 1. The van der Waals surface area contributed by atoms with Crippen LogP contribution in [0.1, 0.15) is 77.6 Å². The molecule has 4 fully saturated rings. The first kappa shape index (κ1) is 33.4. The SMILES string of the molecule is CC1CCC(N=NC2C(OOOS)CC3CC(S(=O)(=O)O)CC(NCOC4CCCCC4)C3C2O)C(S(=O)(=O)O)C1. The van der Waals surface area contributed by atoms with Crippen LogP contribution in [0, 0.1) is 17.8 Å². The van der Waals surface area contributed by atoms with Gasteiger partial charge in [0.25, 0.3) is 20.2 Å². The maximum atomic E-state index is 12.2. The van der Waals surface area contributed by atoms with Crippen LogP contribution in [0.5, 0.6) is 0 Å². The van der Waals surface area contributed by atoms with Gasteiger partial charge in [0.2, 0.25) is 0 Å². The third kappa shape index (κ3) is 8.80. The Balaban J connectivity index is 1.55. The molecule has 0 aliphatic heterocycles. The number of nitrogens with one attached hydrogen (secondary N) is 1. The first-order valence-electron chi connectivity index (χ1n) is 14.4. The molecule has 10 atom stereocenters. The van der Waals surface area contributed by atoms with E-state index >= 15 is 0 Å². The number of rotatable bonds is 11. The molecule has 0 heterocycles. The lowest BCUT2D eigenvalue weighted by molar-refractivity contribution is -0.482. The van der Waals surface area contributed by atoms with Crippen LogP contribution in [0.15, 0.2) is 10.2 Å². The zero-order chi connectivity index (χ0) is 29.8. The van der Waals surface area contributed by atoms with Crippen LogP contribution in [0.4, 0.5) is 0 Å². The smallest absolute Gasteiger partial charge is 0.269 e. The molecule has 4 N–H and O–H groups in total. The van der Waals surface area contributed by atoms with Crippen LogP contribution < -0.4 is 5.32 Å². The first-order valence-corrected chi connectivity index (χ1v) is 17.7. The number of thiol groups is 1. The predicted molar refractivity (Wildman–Crippen MR) is 149 cm³/mol. The number of fused-ring (bicyclic) bond motifs is 1. The molecule has 0 saturated heterocycles. The Kier molecular flexibility index (Phi) is 11.9. The molecular weight excluding hydrogens is 602 g/mol. The second-order valence-corrected chi connectivity index (χ2v) is 15.6. The summed E-state index contributed by atoms with van der Waals surface area (Å²) in [5.41, 5.74) is 0. The standard InChI is InChI=1S/C24H43N3O11S3/c1-14-7-8-18(21(9-14)41(32,33)34)26-27-23-20(36-37-38-39)11-15-10-17(40(29,30)31)12-19(22(15)24(23)28)25-13-35-16-5-3-2-4-6-16/h14-25,28,39H,2-13H2,1H3,(H,29,30,31)(H,32,33,34). The van der Waals surface area contributed by atoms with E-state index in [0.29, 0.717) is 12.8 Å². The zero-order valence-corrected chi connectivity index (χ0v) is 25.6. The summed E-state index contributed by atoms with van der Waals surface area (Å²) in [6.45, 7) is 2.06. The number of azo groups is 1. The monoisotopic (exact) mass is 645 g/mol. The van der Waals surface area contributed by atoms with Crippen molar-refractivity contribution in [1.29, 1.82) is 0 Å². The summed E-state index contributed by atoms with van der Waals surface area (Å²) < 4.78 is 78.5. The van der Waals surface area contributed by atoms with Crippen LogP contribution in [0.3, 0.4) is 0 Å². The molecule has 0 bridgehead atoms. The van der Waals surface area contributed by atoms with Crippen molar-refractivity contribution in [3.8, 4) is 0 Å². The van der Waals surface area contributed by atoms with E-state index in [1.54, 1.807) is 0 Å². The van der Waals surface area contributed by atoms with E-state index in [4.69, 9.17) is 9.62 Å². The molecule has 0 aromatic rings. The first-order chi connectivity index (χ1) is 19.4. The van der Waals surface area contributed by atoms with E-state index in [9.17, 15) is 31.0 Å². The summed E-state index contributed by atoms with van der Waals surface area (Å²) >= 11 is 3.51. The summed E-state index contributed by atoms with van der Waals surface area (Å²) in [6.07, 6.45) is 4.87. The zero-order valence-electron chi connectivity index (χ0n) is 23.1. The molecule has 0 aromatic heterocycles. The molecule has 4 aliphatic carbocycles. The summed E-state index contributed by atoms with van der Waals surface area (Å²) in [6, 6.07) is -2.37. The maximum Gasteiger partial charge on any atom is 0.269 e. The average molecular weight is 646 g/mol. The molecule has 0 aromatic carbocycles. The Hall–Kier alpha value is -0.470. The summed E-state index contributed by atoms with van der Waals surface area (Å²) in [5, 5.41) is 25.9. The van der Waals surface area contributed by atoms with E-state index in [1.165, 1.54) is 6.42 Å². The molecule has 10 unspecified atom stereocenters. The second-order valence-electron chi connectivity index (χ2n) is 12.1. The van der Waals surface area contributed by atoms with Crippen molar-refractivity contribution in [3.05, 3.63) is 0 Å². The fraction of sp³-hybridized carbons (Fsp3) is 1.00. The van der Waals surface area contributed by atoms with E-state index in [1.807, 2.05) is 6.92 Å². The lowest BCUT2D eigenvalue weighted by Crippen LogP contribution is -2.61. The third-order valence-electron chi connectivity index (χ3n) is 9.33. The minimum Gasteiger partial charge on any atom is -0.390 e. The van der Waals surface area contributed by atoms with Crippen molar-refractivity contribution in [2.75, 3.05) is 6.73 Å². The van der Waals surface area contributed by atoms with Gasteiger partial charge in [-0.05, 0) is 63.2 Å². The fourth-order valence-electron chi connectivity index (χ4n) is 7.22. The molecule has 14 nitrogen and oxygen atoms in total. The Morgan fingerprint density at radius 1 is 0.927 bits per heavy atom. The van der Waals surface area contributed by atoms with Gasteiger partial charge in [-0.3, -0.25) is 14.4 Å². The highest BCUT2D eigenvalue weighted by atomic mass is 32.2. The molecule has 0 radical (unpaired) electrons. The van der Waals surface area contributed by atoms with Crippen LogP contribution in [0.2, 0.25) is 0 Å². The van der Waals surface area contributed by atoms with Gasteiger partial charge in [0.05, 0.1) is 30.2 Å². The van der Waals surface area contributed by atoms with Crippen molar-refractivity contribution >= 4 is 33.1 Å². The fourth-order valence-corrected chi connectivity index (χ4v) is 9.35. The van der Waals surface area contributed by atoms with Gasteiger partial charge >= 0.3 is 0 Å². The molecule has 4 rings (SSSR count). The number of ether oxygens (including phenoxy) is 1. The average Bonchev–Trinajstić information content (AvgIpc) is 2.91. The van der Waals surface area contributed by atoms with E-state index in [2.05, 4.69) is 37.8 Å². The van der Waals surface area contributed by atoms with Crippen LogP contribution >= 0.6 is 12.9 Å². The Morgan fingerprint density at radius 3 is 2.32 bits per heavy atom. The summed E-state index contributed by atoms with van der Waals surface area (Å²) in [7, 11) is -8.74. The van der Waals surface area contributed by atoms with Gasteiger partial charge in [0.15, 0.2) is 0 Å². The minimum absolute atomic E-state index is 0.0576. The van der Waals surface area contributed by atoms with Crippen molar-refractivity contribution < 1.29 is 50.0 Å². The van der Waals surface area contributed by atoms with Gasteiger partial charge < -0.3 is 9.84 Å². The number of hydrogen-bond donors (Lipinski definition) is 5. The number of aliphatic hydroxyl groups excluding tert-OH is 1. The molecule has 4 saturated carbocycles. The Bertz CT molecular complexity index is 1090. The molecule has 41 heavy (non-hydrogen) atoms. The summed E-state index contributed by atoms with van der Waals surface area (Å²) in [4.78, 5) is 5.29. The molecule has 17 heteroatoms.